The highest BCUT2D eigenvalue weighted by Gasteiger charge is 2.15. The number of aromatic nitrogens is 4. The lowest BCUT2D eigenvalue weighted by Gasteiger charge is -2.00. The van der Waals surface area contributed by atoms with Crippen LogP contribution >= 0.6 is 0 Å². The van der Waals surface area contributed by atoms with Gasteiger partial charge in [0.1, 0.15) is 5.69 Å². The number of nitrogens with zero attached hydrogens (tertiary/aromatic N) is 4. The minimum absolute atomic E-state index is 0.245. The lowest BCUT2D eigenvalue weighted by molar-refractivity contribution is 0.102. The fourth-order valence-electron chi connectivity index (χ4n) is 1.25. The van der Waals surface area contributed by atoms with Gasteiger partial charge in [-0.15, -0.1) is 10.2 Å². The molecule has 16 heavy (non-hydrogen) atoms. The molecule has 0 radical (unpaired) electrons. The highest BCUT2D eigenvalue weighted by Crippen LogP contribution is 2.07. The van der Waals surface area contributed by atoms with Gasteiger partial charge in [0, 0.05) is 25.5 Å². The zero-order chi connectivity index (χ0) is 11.5. The number of imidazole rings is 1. The van der Waals surface area contributed by atoms with E-state index in [0.717, 1.165) is 0 Å². The summed E-state index contributed by atoms with van der Waals surface area (Å²) in [6.07, 6.45) is 3.26. The van der Waals surface area contributed by atoms with E-state index in [-0.39, 0.29) is 11.5 Å². The summed E-state index contributed by atoms with van der Waals surface area (Å²) in [5.74, 6) is 0.443. The normalized spacial score (nSPS) is 10.1. The number of rotatable bonds is 3. The Kier molecular flexibility index (Phi) is 2.63. The Morgan fingerprint density at radius 1 is 1.38 bits per heavy atom. The van der Waals surface area contributed by atoms with Gasteiger partial charge in [-0.05, 0) is 6.07 Å². The summed E-state index contributed by atoms with van der Waals surface area (Å²) >= 11 is 0. The molecular weight excluding hydrogens is 208 g/mol. The Balaban J connectivity index is 2.31. The van der Waals surface area contributed by atoms with Crippen LogP contribution in [0.1, 0.15) is 16.3 Å². The third kappa shape index (κ3) is 1.77. The van der Waals surface area contributed by atoms with Crippen molar-refractivity contribution in [2.45, 2.75) is 0 Å². The molecule has 2 aromatic heterocycles. The molecule has 82 valence electrons. The smallest absolute Gasteiger partial charge is 0.248 e. The summed E-state index contributed by atoms with van der Waals surface area (Å²) in [4.78, 5) is 15.9. The predicted octanol–water partition coefficient (Wildman–Crippen LogP) is 0.450. The van der Waals surface area contributed by atoms with E-state index < -0.39 is 0 Å². The number of hydrogen-bond donors (Lipinski definition) is 0. The molecule has 2 heterocycles. The van der Waals surface area contributed by atoms with Crippen LogP contribution in [0.25, 0.3) is 0 Å². The van der Waals surface area contributed by atoms with Gasteiger partial charge in [0.25, 0.3) is 0 Å². The lowest BCUT2D eigenvalue weighted by atomic mass is 10.2. The van der Waals surface area contributed by atoms with Crippen LogP contribution in [0.4, 0.5) is 0 Å². The van der Waals surface area contributed by atoms with Crippen LogP contribution in [0.15, 0.2) is 24.5 Å². The summed E-state index contributed by atoms with van der Waals surface area (Å²) in [5, 5.41) is 7.50. The lowest BCUT2D eigenvalue weighted by Crippen LogP contribution is -2.11. The van der Waals surface area contributed by atoms with Crippen LogP contribution in [0, 0.1) is 0 Å². The third-order valence-corrected chi connectivity index (χ3v) is 2.11. The van der Waals surface area contributed by atoms with Gasteiger partial charge in [0.15, 0.2) is 5.82 Å². The summed E-state index contributed by atoms with van der Waals surface area (Å²) in [5.41, 5.74) is 0.245. The number of carbonyl (C=O) groups excluding carboxylic acids is 1. The van der Waals surface area contributed by atoms with Crippen molar-refractivity contribution in [3.63, 3.8) is 0 Å². The first-order valence-electron chi connectivity index (χ1n) is 4.62. The van der Waals surface area contributed by atoms with E-state index in [1.54, 1.807) is 36.1 Å². The van der Waals surface area contributed by atoms with E-state index in [2.05, 4.69) is 15.2 Å². The highest BCUT2D eigenvalue weighted by atomic mass is 16.5. The van der Waals surface area contributed by atoms with Crippen molar-refractivity contribution in [3.05, 3.63) is 36.0 Å². The van der Waals surface area contributed by atoms with Crippen molar-refractivity contribution in [1.29, 1.82) is 0 Å². The number of ether oxygens (including phenoxy) is 1. The van der Waals surface area contributed by atoms with Crippen LogP contribution in [-0.2, 0) is 7.05 Å². The molecule has 2 aromatic rings. The predicted molar refractivity (Wildman–Crippen MR) is 55.2 cm³/mol. The molecule has 0 bridgehead atoms. The van der Waals surface area contributed by atoms with Crippen LogP contribution in [0.3, 0.4) is 0 Å². The van der Waals surface area contributed by atoms with Gasteiger partial charge < -0.3 is 9.30 Å². The van der Waals surface area contributed by atoms with Gasteiger partial charge in [0.05, 0.1) is 7.11 Å². The topological polar surface area (TPSA) is 69.9 Å². The average molecular weight is 218 g/mol. The Bertz CT molecular complexity index is 504. The molecule has 0 aliphatic carbocycles. The summed E-state index contributed by atoms with van der Waals surface area (Å²) in [6.45, 7) is 0. The van der Waals surface area contributed by atoms with Crippen molar-refractivity contribution in [2.24, 2.45) is 7.05 Å². The summed E-state index contributed by atoms with van der Waals surface area (Å²) in [7, 11) is 3.24. The molecule has 0 amide bonds. The molecule has 0 saturated heterocycles. The molecule has 0 unspecified atom stereocenters. The number of aryl methyl sites for hydroxylation is 1. The maximum absolute atomic E-state index is 11.9. The van der Waals surface area contributed by atoms with Crippen LogP contribution < -0.4 is 4.74 Å². The maximum atomic E-state index is 11.9. The first-order chi connectivity index (χ1) is 7.72. The SMILES string of the molecule is COc1ccc(C(=O)c2nccn2C)nn1. The molecule has 0 saturated carbocycles. The van der Waals surface area contributed by atoms with Crippen molar-refractivity contribution in [1.82, 2.24) is 19.7 Å². The van der Waals surface area contributed by atoms with E-state index in [9.17, 15) is 4.79 Å². The van der Waals surface area contributed by atoms with Crippen molar-refractivity contribution < 1.29 is 9.53 Å². The molecule has 0 aliphatic rings. The molecule has 0 spiro atoms. The number of hydrogen-bond acceptors (Lipinski definition) is 5. The van der Waals surface area contributed by atoms with Gasteiger partial charge in [-0.25, -0.2) is 4.98 Å². The maximum Gasteiger partial charge on any atom is 0.248 e. The van der Waals surface area contributed by atoms with Gasteiger partial charge in [-0.3, -0.25) is 4.79 Å². The van der Waals surface area contributed by atoms with E-state index >= 15 is 0 Å². The molecule has 0 aliphatic heterocycles. The molecule has 0 atom stereocenters. The molecular formula is C10H10N4O2. The highest BCUT2D eigenvalue weighted by molar-refractivity contribution is 6.05. The Hall–Kier alpha value is -2.24. The monoisotopic (exact) mass is 218 g/mol. The summed E-state index contributed by atoms with van der Waals surface area (Å²) in [6, 6.07) is 3.14. The standard InChI is InChI=1S/C10H10N4O2/c1-14-6-5-11-10(14)9(15)7-3-4-8(16-2)13-12-7/h3-6H,1-2H3. The number of methoxy groups -OCH3 is 1. The minimum atomic E-state index is -0.261. The van der Waals surface area contributed by atoms with E-state index in [4.69, 9.17) is 4.74 Å². The molecule has 0 fully saturated rings. The molecule has 0 N–H and O–H groups in total. The van der Waals surface area contributed by atoms with Crippen molar-refractivity contribution in [2.75, 3.05) is 7.11 Å². The van der Waals surface area contributed by atoms with Crippen LogP contribution in [0.5, 0.6) is 5.88 Å². The second-order valence-electron chi connectivity index (χ2n) is 3.15. The minimum Gasteiger partial charge on any atom is -0.480 e. The fourth-order valence-corrected chi connectivity index (χ4v) is 1.25. The molecule has 2 rings (SSSR count). The van der Waals surface area contributed by atoms with Gasteiger partial charge in [-0.2, -0.15) is 0 Å². The molecule has 6 heteroatoms. The second-order valence-corrected chi connectivity index (χ2v) is 3.15. The second kappa shape index (κ2) is 4.09. The Morgan fingerprint density at radius 3 is 2.69 bits per heavy atom. The summed E-state index contributed by atoms with van der Waals surface area (Å²) < 4.78 is 6.49. The first kappa shape index (κ1) is 10.3. The number of ketones is 1. The Morgan fingerprint density at radius 2 is 2.19 bits per heavy atom. The molecule has 0 aromatic carbocycles. The van der Waals surface area contributed by atoms with Crippen molar-refractivity contribution in [3.8, 4) is 5.88 Å². The third-order valence-electron chi connectivity index (χ3n) is 2.11. The largest absolute Gasteiger partial charge is 0.480 e. The van der Waals surface area contributed by atoms with Gasteiger partial charge >= 0.3 is 0 Å². The van der Waals surface area contributed by atoms with E-state index in [1.807, 2.05) is 0 Å². The number of carbonyl (C=O) groups is 1. The fraction of sp³-hybridized carbons (Fsp3) is 0.200. The first-order valence-corrected chi connectivity index (χ1v) is 4.62. The van der Waals surface area contributed by atoms with Crippen molar-refractivity contribution >= 4 is 5.78 Å². The zero-order valence-electron chi connectivity index (χ0n) is 8.91. The van der Waals surface area contributed by atoms with Crippen LogP contribution in [0.2, 0.25) is 0 Å². The van der Waals surface area contributed by atoms with Gasteiger partial charge in [0.2, 0.25) is 11.7 Å². The molecule has 6 nitrogen and oxygen atoms in total. The Labute approximate surface area is 91.9 Å². The average Bonchev–Trinajstić information content (AvgIpc) is 2.75. The quantitative estimate of drug-likeness (QED) is 0.699. The van der Waals surface area contributed by atoms with Gasteiger partial charge in [-0.1, -0.05) is 0 Å². The zero-order valence-corrected chi connectivity index (χ0v) is 8.91. The van der Waals surface area contributed by atoms with E-state index in [0.29, 0.717) is 11.7 Å². The van der Waals surface area contributed by atoms with E-state index in [1.165, 1.54) is 7.11 Å². The van der Waals surface area contributed by atoms with Crippen LogP contribution in [-0.4, -0.2) is 32.6 Å².